The topological polar surface area (TPSA) is 12.0 Å². The summed E-state index contributed by atoms with van der Waals surface area (Å²) in [7, 11) is 0. The molecule has 0 spiro atoms. The van der Waals surface area contributed by atoms with Crippen molar-refractivity contribution in [3.05, 3.63) is 35.1 Å². The second-order valence-corrected chi connectivity index (χ2v) is 5.97. The molecule has 0 aliphatic heterocycles. The van der Waals surface area contributed by atoms with Crippen LogP contribution in [0.5, 0.6) is 0 Å². The molecule has 19 heavy (non-hydrogen) atoms. The Kier molecular flexibility index (Phi) is 5.65. The molecule has 1 saturated carbocycles. The van der Waals surface area contributed by atoms with Crippen molar-refractivity contribution in [2.45, 2.75) is 39.2 Å². The van der Waals surface area contributed by atoms with E-state index in [2.05, 4.69) is 5.32 Å². The normalized spacial score (nSPS) is 23.5. The lowest BCUT2D eigenvalue weighted by molar-refractivity contribution is 0.250. The highest BCUT2D eigenvalue weighted by Gasteiger charge is 2.23. The van der Waals surface area contributed by atoms with Gasteiger partial charge in [-0.25, -0.2) is 4.39 Å². The second-order valence-electron chi connectivity index (χ2n) is 5.66. The molecule has 2 unspecified atom stereocenters. The third-order valence-corrected chi connectivity index (χ3v) is 4.69. The lowest BCUT2D eigenvalue weighted by Gasteiger charge is -2.30. The number of halogens is 2. The van der Waals surface area contributed by atoms with Gasteiger partial charge in [-0.3, -0.25) is 0 Å². The van der Waals surface area contributed by atoms with E-state index in [1.54, 1.807) is 6.07 Å². The first-order chi connectivity index (χ1) is 9.20. The molecule has 3 heteroatoms. The maximum Gasteiger partial charge on any atom is 0.123 e. The minimum absolute atomic E-state index is 0.157. The van der Waals surface area contributed by atoms with Crippen LogP contribution < -0.4 is 5.32 Å². The van der Waals surface area contributed by atoms with Gasteiger partial charge < -0.3 is 5.32 Å². The lowest BCUT2D eigenvalue weighted by atomic mass is 9.80. The van der Waals surface area contributed by atoms with E-state index in [0.717, 1.165) is 24.5 Å². The van der Waals surface area contributed by atoms with Crippen LogP contribution >= 0.6 is 11.6 Å². The predicted molar refractivity (Wildman–Crippen MR) is 79.0 cm³/mol. The molecule has 0 radical (unpaired) electrons. The van der Waals surface area contributed by atoms with Gasteiger partial charge in [0.1, 0.15) is 5.82 Å². The van der Waals surface area contributed by atoms with E-state index in [9.17, 15) is 4.39 Å². The molecule has 1 N–H and O–H groups in total. The van der Waals surface area contributed by atoms with E-state index in [1.807, 2.05) is 13.0 Å². The summed E-state index contributed by atoms with van der Waals surface area (Å²) in [6.07, 6.45) is 5.21. The van der Waals surface area contributed by atoms with Crippen LogP contribution in [0.25, 0.3) is 0 Å². The number of aryl methyl sites for hydroxylation is 1. The van der Waals surface area contributed by atoms with Gasteiger partial charge in [0.15, 0.2) is 0 Å². The number of hydrogen-bond donors (Lipinski definition) is 1. The molecule has 1 nitrogen and oxygen atoms in total. The summed E-state index contributed by atoms with van der Waals surface area (Å²) in [5.41, 5.74) is 2.20. The Bertz CT molecular complexity index is 408. The summed E-state index contributed by atoms with van der Waals surface area (Å²) in [6, 6.07) is 5.00. The fourth-order valence-corrected chi connectivity index (χ4v) is 3.41. The van der Waals surface area contributed by atoms with Crippen molar-refractivity contribution < 1.29 is 4.39 Å². The fraction of sp³-hybridized carbons (Fsp3) is 0.625. The molecule has 0 bridgehead atoms. The predicted octanol–water partition coefficient (Wildman–Crippen LogP) is 4.27. The molecule has 2 atom stereocenters. The van der Waals surface area contributed by atoms with Gasteiger partial charge in [0.2, 0.25) is 0 Å². The number of hydrogen-bond acceptors (Lipinski definition) is 1. The van der Waals surface area contributed by atoms with Crippen LogP contribution in [0.4, 0.5) is 4.39 Å². The molecule has 0 aromatic heterocycles. The van der Waals surface area contributed by atoms with Crippen LogP contribution in [0.15, 0.2) is 18.2 Å². The average molecular weight is 284 g/mol. The smallest absolute Gasteiger partial charge is 0.123 e. The Balaban J connectivity index is 1.82. The molecule has 1 aliphatic rings. The summed E-state index contributed by atoms with van der Waals surface area (Å²) < 4.78 is 13.0. The third kappa shape index (κ3) is 4.19. The van der Waals surface area contributed by atoms with Crippen LogP contribution in [-0.2, 0) is 6.54 Å². The van der Waals surface area contributed by atoms with Crippen molar-refractivity contribution >= 4 is 11.6 Å². The van der Waals surface area contributed by atoms with Gasteiger partial charge >= 0.3 is 0 Å². The molecular formula is C16H23ClFN. The largest absolute Gasteiger partial charge is 0.312 e. The van der Waals surface area contributed by atoms with E-state index in [1.165, 1.54) is 37.3 Å². The maximum absolute atomic E-state index is 13.0. The Morgan fingerprint density at radius 1 is 1.26 bits per heavy atom. The summed E-state index contributed by atoms with van der Waals surface area (Å²) in [4.78, 5) is 0. The fourth-order valence-electron chi connectivity index (χ4n) is 3.01. The molecule has 2 rings (SSSR count). The molecule has 1 aromatic rings. The van der Waals surface area contributed by atoms with Crippen molar-refractivity contribution in [2.24, 2.45) is 11.8 Å². The Morgan fingerprint density at radius 2 is 2.00 bits per heavy atom. The van der Waals surface area contributed by atoms with E-state index >= 15 is 0 Å². The molecule has 1 aromatic carbocycles. The minimum Gasteiger partial charge on any atom is -0.312 e. The molecule has 0 saturated heterocycles. The molecule has 1 fully saturated rings. The van der Waals surface area contributed by atoms with E-state index < -0.39 is 0 Å². The molecule has 106 valence electrons. The van der Waals surface area contributed by atoms with Gasteiger partial charge in [-0.1, -0.05) is 18.9 Å². The second kappa shape index (κ2) is 7.25. The zero-order valence-corrected chi connectivity index (χ0v) is 12.3. The first kappa shape index (κ1) is 14.8. The summed E-state index contributed by atoms with van der Waals surface area (Å²) in [5, 5.41) is 3.51. The van der Waals surface area contributed by atoms with Crippen LogP contribution in [0, 0.1) is 24.6 Å². The monoisotopic (exact) mass is 283 g/mol. The zero-order valence-electron chi connectivity index (χ0n) is 11.6. The Morgan fingerprint density at radius 3 is 2.68 bits per heavy atom. The highest BCUT2D eigenvalue weighted by molar-refractivity contribution is 6.18. The van der Waals surface area contributed by atoms with Gasteiger partial charge in [0, 0.05) is 12.4 Å². The van der Waals surface area contributed by atoms with E-state index in [4.69, 9.17) is 11.6 Å². The Labute approximate surface area is 120 Å². The quantitative estimate of drug-likeness (QED) is 0.796. The summed E-state index contributed by atoms with van der Waals surface area (Å²) in [5.74, 6) is 1.99. The van der Waals surface area contributed by atoms with E-state index in [0.29, 0.717) is 11.8 Å². The third-order valence-electron chi connectivity index (χ3n) is 4.29. The number of rotatable bonds is 5. The lowest BCUT2D eigenvalue weighted by Crippen LogP contribution is -2.31. The van der Waals surface area contributed by atoms with Crippen molar-refractivity contribution in [2.75, 3.05) is 12.4 Å². The van der Waals surface area contributed by atoms with Gasteiger partial charge in [0.25, 0.3) is 0 Å². The van der Waals surface area contributed by atoms with Crippen molar-refractivity contribution in [1.82, 2.24) is 5.32 Å². The van der Waals surface area contributed by atoms with Gasteiger partial charge in [-0.05, 0) is 61.4 Å². The summed E-state index contributed by atoms with van der Waals surface area (Å²) in [6.45, 7) is 3.80. The first-order valence-electron chi connectivity index (χ1n) is 7.22. The molecule has 0 heterocycles. The van der Waals surface area contributed by atoms with Crippen LogP contribution in [0.1, 0.15) is 36.8 Å². The number of alkyl halides is 1. The number of nitrogens with one attached hydrogen (secondary N) is 1. The molecular weight excluding hydrogens is 261 g/mol. The van der Waals surface area contributed by atoms with Gasteiger partial charge in [-0.15, -0.1) is 11.6 Å². The zero-order chi connectivity index (χ0) is 13.7. The first-order valence-corrected chi connectivity index (χ1v) is 7.76. The Hall–Kier alpha value is -0.600. The minimum atomic E-state index is -0.157. The van der Waals surface area contributed by atoms with Crippen molar-refractivity contribution in [1.29, 1.82) is 0 Å². The van der Waals surface area contributed by atoms with Gasteiger partial charge in [0.05, 0.1) is 0 Å². The molecule has 0 amide bonds. The van der Waals surface area contributed by atoms with Crippen LogP contribution in [0.2, 0.25) is 0 Å². The van der Waals surface area contributed by atoms with Crippen LogP contribution in [-0.4, -0.2) is 12.4 Å². The summed E-state index contributed by atoms with van der Waals surface area (Å²) >= 11 is 6.04. The highest BCUT2D eigenvalue weighted by atomic mass is 35.5. The number of benzene rings is 1. The van der Waals surface area contributed by atoms with Crippen molar-refractivity contribution in [3.63, 3.8) is 0 Å². The highest BCUT2D eigenvalue weighted by Crippen LogP contribution is 2.30. The SMILES string of the molecule is Cc1cc(F)ccc1CNCC1CCCCC1CCl. The van der Waals surface area contributed by atoms with Gasteiger partial charge in [-0.2, -0.15) is 0 Å². The van der Waals surface area contributed by atoms with E-state index in [-0.39, 0.29) is 5.82 Å². The average Bonchev–Trinajstić information content (AvgIpc) is 2.42. The standard InChI is InChI=1S/C16H23ClFN/c1-12-8-16(18)7-6-14(12)10-19-11-15-5-3-2-4-13(15)9-17/h6-8,13,15,19H,2-5,9-11H2,1H3. The molecule has 1 aliphatic carbocycles. The maximum atomic E-state index is 13.0. The van der Waals surface area contributed by atoms with Crippen LogP contribution in [0.3, 0.4) is 0 Å². The van der Waals surface area contributed by atoms with Crippen molar-refractivity contribution in [3.8, 4) is 0 Å².